The van der Waals surface area contributed by atoms with E-state index in [9.17, 15) is 18.3 Å². The van der Waals surface area contributed by atoms with E-state index in [0.717, 1.165) is 24.0 Å². The molecule has 1 aliphatic rings. The fourth-order valence-electron chi connectivity index (χ4n) is 5.54. The molecule has 0 amide bonds. The Morgan fingerprint density at radius 2 is 1.77 bits per heavy atom. The van der Waals surface area contributed by atoms with Crippen LogP contribution in [0.25, 0.3) is 0 Å². The lowest BCUT2D eigenvalue weighted by atomic mass is 9.70. The number of rotatable bonds is 10. The number of carbonyl (C=O) groups excluding carboxylic acids is 1. The number of nitrogens with one attached hydrogen (secondary N) is 1. The van der Waals surface area contributed by atoms with Crippen LogP contribution in [0.5, 0.6) is 0 Å². The quantitative estimate of drug-likeness (QED) is 0.280. The first-order valence-electron chi connectivity index (χ1n) is 13.6. The lowest BCUT2D eigenvalue weighted by Crippen LogP contribution is -2.43. The molecule has 2 N–H and O–H groups in total. The zero-order chi connectivity index (χ0) is 29.1. The van der Waals surface area contributed by atoms with Crippen molar-refractivity contribution in [3.8, 4) is 0 Å². The third-order valence-corrected chi connectivity index (χ3v) is 8.62. The number of ether oxygens (including phenoxy) is 1. The first-order valence-corrected chi connectivity index (χ1v) is 15.1. The average Bonchev–Trinajstić information content (AvgIpc) is 3.33. The number of aliphatic hydroxyl groups excluding tert-OH is 1. The number of aromatic nitrogens is 2. The number of esters is 1. The fourth-order valence-corrected chi connectivity index (χ4v) is 6.59. The van der Waals surface area contributed by atoms with Gasteiger partial charge in [-0.1, -0.05) is 76.6 Å². The molecule has 9 heteroatoms. The number of anilines is 1. The van der Waals surface area contributed by atoms with E-state index in [1.807, 2.05) is 39.0 Å². The predicted molar refractivity (Wildman–Crippen MR) is 155 cm³/mol. The fraction of sp³-hybridized carbons (Fsp3) is 0.419. The van der Waals surface area contributed by atoms with Crippen molar-refractivity contribution in [2.45, 2.75) is 76.3 Å². The molecule has 0 saturated heterocycles. The number of imidazole rings is 1. The Morgan fingerprint density at radius 3 is 2.33 bits per heavy atom. The third kappa shape index (κ3) is 6.58. The minimum atomic E-state index is -3.84. The molecule has 0 aliphatic carbocycles. The van der Waals surface area contributed by atoms with Crippen LogP contribution >= 0.6 is 0 Å². The summed E-state index contributed by atoms with van der Waals surface area (Å²) in [6.07, 6.45) is 5.97. The maximum absolute atomic E-state index is 13.6. The van der Waals surface area contributed by atoms with Gasteiger partial charge in [-0.15, -0.1) is 0 Å². The van der Waals surface area contributed by atoms with Gasteiger partial charge < -0.3 is 14.4 Å². The Morgan fingerprint density at radius 1 is 1.10 bits per heavy atom. The van der Waals surface area contributed by atoms with E-state index in [1.165, 1.54) is 12.5 Å². The number of cyclic esters (lactones) is 1. The van der Waals surface area contributed by atoms with Crippen molar-refractivity contribution in [2.75, 3.05) is 4.72 Å². The minimum absolute atomic E-state index is 0.0672. The molecule has 4 rings (SSSR count). The molecule has 8 nitrogen and oxygen atoms in total. The van der Waals surface area contributed by atoms with Crippen LogP contribution in [0.1, 0.15) is 70.4 Å². The second kappa shape index (κ2) is 11.5. The van der Waals surface area contributed by atoms with Crippen LogP contribution in [0.3, 0.4) is 0 Å². The molecular formula is C31H39N3O5S. The van der Waals surface area contributed by atoms with E-state index < -0.39 is 32.9 Å². The van der Waals surface area contributed by atoms with E-state index in [-0.39, 0.29) is 22.8 Å². The van der Waals surface area contributed by atoms with Crippen LogP contribution in [-0.2, 0) is 33.0 Å². The minimum Gasteiger partial charge on any atom is -0.512 e. The molecule has 214 valence electrons. The number of aryl methyl sites for hydroxylation is 2. The molecule has 0 spiro atoms. The van der Waals surface area contributed by atoms with Crippen molar-refractivity contribution in [3.63, 3.8) is 0 Å². The number of nitrogens with zero attached hydrogens (tertiary/aromatic N) is 2. The van der Waals surface area contributed by atoms with E-state index in [0.29, 0.717) is 18.5 Å². The SMILES string of the molecule is CCCC1(CCc2ccccc2)CC(O)=C(C(c2ccc(NS(=O)(=O)c3cn(C)cn3)cc2)C(C)(C)C)C(=O)O1. The van der Waals surface area contributed by atoms with Gasteiger partial charge in [-0.2, -0.15) is 8.42 Å². The standard InChI is InChI=1S/C31H39N3O5S/c1-6-17-31(18-16-22-10-8-7-9-11-22)19-25(35)27(29(36)39-31)28(30(2,3)4)23-12-14-24(15-13-23)33-40(37,38)26-20-34(5)21-32-26/h7-15,20-21,28,33,35H,6,16-19H2,1-5H3. The molecule has 2 heterocycles. The van der Waals surface area contributed by atoms with Gasteiger partial charge in [0, 0.05) is 31.3 Å². The van der Waals surface area contributed by atoms with Crippen LogP contribution in [0.4, 0.5) is 5.69 Å². The molecule has 3 aromatic rings. The predicted octanol–water partition coefficient (Wildman–Crippen LogP) is 6.28. The second-order valence-corrected chi connectivity index (χ2v) is 13.4. The van der Waals surface area contributed by atoms with Crippen molar-refractivity contribution < 1.29 is 23.1 Å². The highest BCUT2D eigenvalue weighted by Gasteiger charge is 2.45. The Bertz CT molecular complexity index is 1470. The average molecular weight is 566 g/mol. The van der Waals surface area contributed by atoms with E-state index in [4.69, 9.17) is 4.74 Å². The number of carbonyl (C=O) groups is 1. The zero-order valence-corrected chi connectivity index (χ0v) is 24.7. The summed E-state index contributed by atoms with van der Waals surface area (Å²) in [6, 6.07) is 16.9. The van der Waals surface area contributed by atoms with Gasteiger partial charge in [0.15, 0.2) is 5.03 Å². The maximum Gasteiger partial charge on any atom is 0.338 e. The van der Waals surface area contributed by atoms with Crippen molar-refractivity contribution in [1.82, 2.24) is 9.55 Å². The van der Waals surface area contributed by atoms with Gasteiger partial charge in [-0.25, -0.2) is 9.78 Å². The summed E-state index contributed by atoms with van der Waals surface area (Å²) in [6.45, 7) is 8.07. The number of hydrogen-bond acceptors (Lipinski definition) is 6. The van der Waals surface area contributed by atoms with Gasteiger partial charge in [0.05, 0.1) is 11.9 Å². The lowest BCUT2D eigenvalue weighted by molar-refractivity contribution is -0.161. The van der Waals surface area contributed by atoms with E-state index in [2.05, 4.69) is 28.8 Å². The third-order valence-electron chi connectivity index (χ3n) is 7.35. The van der Waals surface area contributed by atoms with Gasteiger partial charge in [0.1, 0.15) is 11.4 Å². The Kier molecular flexibility index (Phi) is 8.44. The van der Waals surface area contributed by atoms with Crippen molar-refractivity contribution in [2.24, 2.45) is 12.5 Å². The van der Waals surface area contributed by atoms with E-state index in [1.54, 1.807) is 35.9 Å². The van der Waals surface area contributed by atoms with Crippen LogP contribution in [0.15, 0.2) is 83.5 Å². The number of aliphatic hydroxyl groups is 1. The first kappa shape index (κ1) is 29.4. The van der Waals surface area contributed by atoms with Crippen molar-refractivity contribution in [1.29, 1.82) is 0 Å². The van der Waals surface area contributed by atoms with Gasteiger partial charge in [0.2, 0.25) is 0 Å². The van der Waals surface area contributed by atoms with Gasteiger partial charge in [0.25, 0.3) is 10.0 Å². The van der Waals surface area contributed by atoms with Crippen LogP contribution < -0.4 is 4.72 Å². The molecule has 0 saturated carbocycles. The monoisotopic (exact) mass is 565 g/mol. The molecule has 0 bridgehead atoms. The Balaban J connectivity index is 1.61. The lowest BCUT2D eigenvalue weighted by Gasteiger charge is -2.41. The van der Waals surface area contributed by atoms with Crippen LogP contribution in [-0.4, -0.2) is 34.6 Å². The summed E-state index contributed by atoms with van der Waals surface area (Å²) in [5, 5.41) is 11.3. The molecule has 1 aromatic heterocycles. The maximum atomic E-state index is 13.6. The van der Waals surface area contributed by atoms with Crippen molar-refractivity contribution in [3.05, 3.63) is 89.6 Å². The van der Waals surface area contributed by atoms with Crippen LogP contribution in [0, 0.1) is 5.41 Å². The van der Waals surface area contributed by atoms with Crippen molar-refractivity contribution >= 4 is 21.7 Å². The molecule has 1 aliphatic heterocycles. The smallest absolute Gasteiger partial charge is 0.338 e. The van der Waals surface area contributed by atoms with Gasteiger partial charge in [-0.05, 0) is 47.9 Å². The molecule has 2 aromatic carbocycles. The normalized spacial score (nSPS) is 18.9. The second-order valence-electron chi connectivity index (χ2n) is 11.7. The highest BCUT2D eigenvalue weighted by atomic mass is 32.2. The summed E-state index contributed by atoms with van der Waals surface area (Å²) in [5.74, 6) is -0.891. The summed E-state index contributed by atoms with van der Waals surface area (Å²) in [7, 11) is -2.14. The molecular weight excluding hydrogens is 526 g/mol. The summed E-state index contributed by atoms with van der Waals surface area (Å²) < 4.78 is 35.7. The molecule has 2 unspecified atom stereocenters. The summed E-state index contributed by atoms with van der Waals surface area (Å²) >= 11 is 0. The van der Waals surface area contributed by atoms with Gasteiger partial charge >= 0.3 is 5.97 Å². The highest BCUT2D eigenvalue weighted by Crippen LogP contribution is 2.47. The number of hydrogen-bond donors (Lipinski definition) is 2. The highest BCUT2D eigenvalue weighted by molar-refractivity contribution is 7.92. The first-order chi connectivity index (χ1) is 18.8. The zero-order valence-electron chi connectivity index (χ0n) is 23.8. The number of benzene rings is 2. The topological polar surface area (TPSA) is 111 Å². The summed E-state index contributed by atoms with van der Waals surface area (Å²) in [5.41, 5.74) is 1.38. The summed E-state index contributed by atoms with van der Waals surface area (Å²) in [4.78, 5) is 17.6. The van der Waals surface area contributed by atoms with Gasteiger partial charge in [-0.3, -0.25) is 4.72 Å². The Labute approximate surface area is 237 Å². The molecule has 2 atom stereocenters. The molecule has 40 heavy (non-hydrogen) atoms. The Hall–Kier alpha value is -3.59. The molecule has 0 fully saturated rings. The largest absolute Gasteiger partial charge is 0.512 e. The molecule has 0 radical (unpaired) electrons. The van der Waals surface area contributed by atoms with Crippen LogP contribution in [0.2, 0.25) is 0 Å². The number of sulfonamides is 1. The van der Waals surface area contributed by atoms with E-state index >= 15 is 0 Å².